The molecule has 2 atom stereocenters. The molecule has 1 fully saturated rings. The van der Waals surface area contributed by atoms with Crippen LogP contribution in [0.3, 0.4) is 0 Å². The number of aromatic nitrogens is 2. The maximum atomic E-state index is 12.6. The number of amides is 1. The molecule has 9 nitrogen and oxygen atoms in total. The first kappa shape index (κ1) is 18.6. The molecule has 0 aliphatic heterocycles. The third-order valence-corrected chi connectivity index (χ3v) is 5.05. The van der Waals surface area contributed by atoms with Crippen LogP contribution in [0.1, 0.15) is 43.1 Å². The van der Waals surface area contributed by atoms with Gasteiger partial charge in [0.05, 0.1) is 22.1 Å². The number of carbonyl (C=O) groups excluding carboxylic acids is 1. The van der Waals surface area contributed by atoms with Crippen molar-refractivity contribution in [3.63, 3.8) is 0 Å². The van der Waals surface area contributed by atoms with Crippen LogP contribution in [0, 0.1) is 16.0 Å². The van der Waals surface area contributed by atoms with Gasteiger partial charge in [0.2, 0.25) is 0 Å². The fourth-order valence-corrected chi connectivity index (χ4v) is 3.52. The maximum Gasteiger partial charge on any atom is 0.308 e. The Kier molecular flexibility index (Phi) is 4.93. The fraction of sp³-hybridized carbons (Fsp3) is 0.389. The number of non-ortho nitro benzene ring substituents is 1. The van der Waals surface area contributed by atoms with Gasteiger partial charge in [0.25, 0.3) is 11.6 Å². The summed E-state index contributed by atoms with van der Waals surface area (Å²) in [5.74, 6) is -1.98. The van der Waals surface area contributed by atoms with Crippen molar-refractivity contribution in [1.29, 1.82) is 0 Å². The summed E-state index contributed by atoms with van der Waals surface area (Å²) in [6.45, 7) is 1.76. The highest BCUT2D eigenvalue weighted by molar-refractivity contribution is 5.93. The van der Waals surface area contributed by atoms with Crippen molar-refractivity contribution in [2.45, 2.75) is 38.1 Å². The molecule has 2 aromatic rings. The lowest BCUT2D eigenvalue weighted by Gasteiger charge is -2.39. The van der Waals surface area contributed by atoms with Crippen molar-refractivity contribution in [1.82, 2.24) is 15.1 Å². The van der Waals surface area contributed by atoms with Gasteiger partial charge in [-0.2, -0.15) is 5.10 Å². The summed E-state index contributed by atoms with van der Waals surface area (Å²) in [4.78, 5) is 34.4. The molecule has 0 radical (unpaired) electrons. The van der Waals surface area contributed by atoms with Crippen LogP contribution in [-0.2, 0) is 4.79 Å². The van der Waals surface area contributed by atoms with Crippen LogP contribution in [0.15, 0.2) is 36.5 Å². The molecule has 1 aromatic heterocycles. The van der Waals surface area contributed by atoms with Crippen LogP contribution in [-0.4, -0.2) is 37.2 Å². The van der Waals surface area contributed by atoms with Gasteiger partial charge in [-0.3, -0.25) is 19.7 Å². The Hall–Kier alpha value is -3.23. The Morgan fingerprint density at radius 1 is 1.30 bits per heavy atom. The molecular formula is C18H20N4O5. The van der Waals surface area contributed by atoms with Gasteiger partial charge in [-0.15, -0.1) is 0 Å². The second kappa shape index (κ2) is 7.18. The van der Waals surface area contributed by atoms with Crippen LogP contribution >= 0.6 is 0 Å². The largest absolute Gasteiger partial charge is 0.481 e. The standard InChI is InChI=1S/C18H20N4O5/c1-18(10-3-2-4-14(18)17(24)25)19-16(23)15-9-11-21(20-15)12-5-7-13(8-6-12)22(26)27/h5-9,11,14H,2-4,10H2,1H3,(H,19,23)(H,24,25). The quantitative estimate of drug-likeness (QED) is 0.613. The van der Waals surface area contributed by atoms with Gasteiger partial charge < -0.3 is 10.4 Å². The van der Waals surface area contributed by atoms with Gasteiger partial charge >= 0.3 is 5.97 Å². The van der Waals surface area contributed by atoms with Crippen LogP contribution in [0.2, 0.25) is 0 Å². The van der Waals surface area contributed by atoms with E-state index in [-0.39, 0.29) is 11.4 Å². The molecule has 0 saturated heterocycles. The minimum absolute atomic E-state index is 0.0335. The number of nitro groups is 1. The Labute approximate surface area is 155 Å². The number of aliphatic carboxylic acids is 1. The topological polar surface area (TPSA) is 127 Å². The number of hydrogen-bond donors (Lipinski definition) is 2. The van der Waals surface area contributed by atoms with Crippen molar-refractivity contribution in [2.24, 2.45) is 5.92 Å². The first-order chi connectivity index (χ1) is 12.8. The number of rotatable bonds is 5. The highest BCUT2D eigenvalue weighted by atomic mass is 16.6. The summed E-state index contributed by atoms with van der Waals surface area (Å²) >= 11 is 0. The molecule has 1 saturated carbocycles. The van der Waals surface area contributed by atoms with Gasteiger partial charge in [-0.25, -0.2) is 4.68 Å². The molecule has 3 rings (SSSR count). The highest BCUT2D eigenvalue weighted by Crippen LogP contribution is 2.34. The number of carboxylic acid groups (broad SMARTS) is 1. The number of nitrogens with zero attached hydrogens (tertiary/aromatic N) is 3. The Morgan fingerprint density at radius 3 is 2.63 bits per heavy atom. The lowest BCUT2D eigenvalue weighted by molar-refractivity contribution is -0.384. The van der Waals surface area contributed by atoms with E-state index in [4.69, 9.17) is 0 Å². The monoisotopic (exact) mass is 372 g/mol. The van der Waals surface area contributed by atoms with Crippen molar-refractivity contribution in [2.75, 3.05) is 0 Å². The molecule has 1 heterocycles. The van der Waals surface area contributed by atoms with Crippen LogP contribution in [0.5, 0.6) is 0 Å². The van der Waals surface area contributed by atoms with E-state index < -0.39 is 28.3 Å². The predicted octanol–water partition coefficient (Wildman–Crippen LogP) is 2.54. The summed E-state index contributed by atoms with van der Waals surface area (Å²) < 4.78 is 1.44. The van der Waals surface area contributed by atoms with Gasteiger partial charge in [0, 0.05) is 18.3 Å². The van der Waals surface area contributed by atoms with E-state index in [0.29, 0.717) is 18.5 Å². The van der Waals surface area contributed by atoms with Crippen molar-refractivity contribution >= 4 is 17.6 Å². The minimum atomic E-state index is -0.908. The molecule has 9 heteroatoms. The van der Waals surface area contributed by atoms with Gasteiger partial charge in [-0.1, -0.05) is 12.8 Å². The number of nitro benzene ring substituents is 1. The predicted molar refractivity (Wildman–Crippen MR) is 95.7 cm³/mol. The third-order valence-electron chi connectivity index (χ3n) is 5.05. The zero-order valence-electron chi connectivity index (χ0n) is 14.8. The molecule has 2 N–H and O–H groups in total. The van der Waals surface area contributed by atoms with E-state index in [0.717, 1.165) is 12.8 Å². The first-order valence-corrected chi connectivity index (χ1v) is 8.66. The van der Waals surface area contributed by atoms with E-state index in [9.17, 15) is 24.8 Å². The third kappa shape index (κ3) is 3.81. The Balaban J connectivity index is 1.76. The van der Waals surface area contributed by atoms with E-state index >= 15 is 0 Å². The molecule has 1 aromatic carbocycles. The summed E-state index contributed by atoms with van der Waals surface area (Å²) in [7, 11) is 0. The SMILES string of the molecule is CC1(NC(=O)c2ccn(-c3ccc([N+](=O)[O-])cc3)n2)CCCCC1C(=O)O. The minimum Gasteiger partial charge on any atom is -0.481 e. The van der Waals surface area contributed by atoms with E-state index in [1.54, 1.807) is 13.1 Å². The van der Waals surface area contributed by atoms with Gasteiger partial charge in [0.15, 0.2) is 5.69 Å². The number of hydrogen-bond acceptors (Lipinski definition) is 5. The van der Waals surface area contributed by atoms with Crippen LogP contribution < -0.4 is 5.32 Å². The maximum absolute atomic E-state index is 12.6. The molecule has 142 valence electrons. The summed E-state index contributed by atoms with van der Waals surface area (Å²) in [5.41, 5.74) is -0.122. The first-order valence-electron chi connectivity index (χ1n) is 8.66. The lowest BCUT2D eigenvalue weighted by Crippen LogP contribution is -2.55. The normalized spacial score (nSPS) is 22.2. The molecular weight excluding hydrogens is 352 g/mol. The van der Waals surface area contributed by atoms with E-state index in [1.165, 1.54) is 35.0 Å². The molecule has 1 aliphatic carbocycles. The Bertz CT molecular complexity index is 876. The average Bonchev–Trinajstić information content (AvgIpc) is 3.12. The van der Waals surface area contributed by atoms with Crippen LogP contribution in [0.25, 0.3) is 5.69 Å². The molecule has 2 unspecified atom stereocenters. The average molecular weight is 372 g/mol. The smallest absolute Gasteiger partial charge is 0.308 e. The number of nitrogens with one attached hydrogen (secondary N) is 1. The molecule has 1 amide bonds. The number of benzene rings is 1. The Morgan fingerprint density at radius 2 is 2.00 bits per heavy atom. The molecule has 27 heavy (non-hydrogen) atoms. The highest BCUT2D eigenvalue weighted by Gasteiger charge is 2.42. The van der Waals surface area contributed by atoms with Crippen LogP contribution in [0.4, 0.5) is 5.69 Å². The number of carboxylic acids is 1. The molecule has 0 spiro atoms. The van der Waals surface area contributed by atoms with Crippen molar-refractivity contribution in [3.8, 4) is 5.69 Å². The summed E-state index contributed by atoms with van der Waals surface area (Å²) in [6, 6.07) is 7.32. The zero-order valence-corrected chi connectivity index (χ0v) is 14.8. The van der Waals surface area contributed by atoms with E-state index in [2.05, 4.69) is 10.4 Å². The number of carbonyl (C=O) groups is 2. The lowest BCUT2D eigenvalue weighted by atomic mass is 9.74. The molecule has 0 bridgehead atoms. The van der Waals surface area contributed by atoms with E-state index in [1.807, 2.05) is 0 Å². The molecule has 1 aliphatic rings. The van der Waals surface area contributed by atoms with Gasteiger partial charge in [-0.05, 0) is 38.0 Å². The second-order valence-electron chi connectivity index (χ2n) is 6.93. The zero-order chi connectivity index (χ0) is 19.6. The van der Waals surface area contributed by atoms with Crippen molar-refractivity contribution < 1.29 is 19.6 Å². The summed E-state index contributed by atoms with van der Waals surface area (Å²) in [6.07, 6.45) is 4.39. The fourth-order valence-electron chi connectivity index (χ4n) is 3.52. The second-order valence-corrected chi connectivity index (χ2v) is 6.93. The van der Waals surface area contributed by atoms with Gasteiger partial charge in [0.1, 0.15) is 0 Å². The van der Waals surface area contributed by atoms with Crippen molar-refractivity contribution in [3.05, 3.63) is 52.3 Å². The summed E-state index contributed by atoms with van der Waals surface area (Å²) in [5, 5.41) is 27.2.